The molecule has 2 aromatic carbocycles. The zero-order valence-electron chi connectivity index (χ0n) is 15.3. The highest BCUT2D eigenvalue weighted by Gasteiger charge is 2.14. The average molecular weight is 472 g/mol. The Morgan fingerprint density at radius 3 is 2.62 bits per heavy atom. The van der Waals surface area contributed by atoms with Gasteiger partial charge in [-0.3, -0.25) is 4.99 Å². The van der Waals surface area contributed by atoms with E-state index >= 15 is 0 Å². The Morgan fingerprint density at radius 1 is 1.23 bits per heavy atom. The fourth-order valence-corrected chi connectivity index (χ4v) is 2.57. The summed E-state index contributed by atoms with van der Waals surface area (Å²) in [5.74, 6) is 0.0553. The van der Waals surface area contributed by atoms with Crippen molar-refractivity contribution >= 4 is 35.6 Å². The van der Waals surface area contributed by atoms with Crippen LogP contribution in [0.4, 0.5) is 10.1 Å². The maximum Gasteiger partial charge on any atom is 0.193 e. The van der Waals surface area contributed by atoms with Gasteiger partial charge in [0, 0.05) is 18.4 Å². The number of guanidine groups is 1. The van der Waals surface area contributed by atoms with Gasteiger partial charge in [0.05, 0.1) is 19.2 Å². The van der Waals surface area contributed by atoms with E-state index in [9.17, 15) is 4.39 Å². The van der Waals surface area contributed by atoms with Crippen molar-refractivity contribution in [1.82, 2.24) is 4.90 Å². The molecule has 0 fully saturated rings. The van der Waals surface area contributed by atoms with Gasteiger partial charge in [0.2, 0.25) is 0 Å². The molecule has 0 aromatic heterocycles. The minimum absolute atomic E-state index is 0. The summed E-state index contributed by atoms with van der Waals surface area (Å²) in [5.41, 5.74) is 8.75. The number of halogens is 2. The van der Waals surface area contributed by atoms with E-state index in [1.54, 1.807) is 13.2 Å². The van der Waals surface area contributed by atoms with Crippen LogP contribution in [0.5, 0.6) is 0 Å². The molecule has 0 bridgehead atoms. The van der Waals surface area contributed by atoms with Crippen molar-refractivity contribution in [2.24, 2.45) is 10.7 Å². The van der Waals surface area contributed by atoms with Crippen molar-refractivity contribution in [3.63, 3.8) is 0 Å². The molecule has 0 aliphatic rings. The van der Waals surface area contributed by atoms with Gasteiger partial charge in [-0.1, -0.05) is 30.3 Å². The number of nitrogens with two attached hydrogens (primary N) is 1. The molecule has 0 aliphatic carbocycles. The number of para-hydroxylation sites is 1. The van der Waals surface area contributed by atoms with Gasteiger partial charge in [-0.05, 0) is 37.9 Å². The quantitative estimate of drug-likeness (QED) is 0.367. The highest BCUT2D eigenvalue weighted by atomic mass is 127. The molecule has 0 heterocycles. The van der Waals surface area contributed by atoms with Gasteiger partial charge in [-0.25, -0.2) is 4.39 Å². The maximum atomic E-state index is 13.5. The lowest BCUT2D eigenvalue weighted by atomic mass is 10.1. The Kier molecular flexibility index (Phi) is 9.53. The van der Waals surface area contributed by atoms with Crippen LogP contribution in [0.2, 0.25) is 0 Å². The minimum atomic E-state index is -0.257. The van der Waals surface area contributed by atoms with E-state index in [0.717, 1.165) is 16.8 Å². The summed E-state index contributed by atoms with van der Waals surface area (Å²) in [6, 6.07) is 14.2. The zero-order valence-corrected chi connectivity index (χ0v) is 17.6. The van der Waals surface area contributed by atoms with Gasteiger partial charge < -0.3 is 20.7 Å². The molecule has 1 unspecified atom stereocenters. The summed E-state index contributed by atoms with van der Waals surface area (Å²) in [6.07, 6.45) is 0. The molecule has 0 amide bonds. The van der Waals surface area contributed by atoms with Crippen LogP contribution in [0.25, 0.3) is 0 Å². The van der Waals surface area contributed by atoms with Gasteiger partial charge in [0.25, 0.3) is 0 Å². The molecule has 2 aromatic rings. The summed E-state index contributed by atoms with van der Waals surface area (Å²) >= 11 is 0. The van der Waals surface area contributed by atoms with E-state index in [4.69, 9.17) is 10.5 Å². The summed E-state index contributed by atoms with van der Waals surface area (Å²) in [5, 5.41) is 3.11. The molecule has 0 saturated heterocycles. The Hall–Kier alpha value is -1.71. The third-order valence-corrected chi connectivity index (χ3v) is 3.87. The van der Waals surface area contributed by atoms with Crippen LogP contribution in [0, 0.1) is 5.82 Å². The monoisotopic (exact) mass is 472 g/mol. The molecule has 0 radical (unpaired) electrons. The Morgan fingerprint density at radius 2 is 1.96 bits per heavy atom. The molecule has 0 aliphatic heterocycles. The van der Waals surface area contributed by atoms with Crippen LogP contribution < -0.4 is 11.1 Å². The molecule has 142 valence electrons. The van der Waals surface area contributed by atoms with Gasteiger partial charge in [-0.2, -0.15) is 0 Å². The molecular formula is C19H26FIN4O. The van der Waals surface area contributed by atoms with Gasteiger partial charge in [0.1, 0.15) is 5.82 Å². The normalized spacial score (nSPS) is 12.6. The molecule has 1 atom stereocenters. The Labute approximate surface area is 171 Å². The van der Waals surface area contributed by atoms with Crippen LogP contribution in [0.15, 0.2) is 53.5 Å². The topological polar surface area (TPSA) is 62.9 Å². The second kappa shape index (κ2) is 11.1. The first kappa shape index (κ1) is 22.3. The van der Waals surface area contributed by atoms with Crippen LogP contribution >= 0.6 is 24.0 Å². The summed E-state index contributed by atoms with van der Waals surface area (Å²) < 4.78 is 18.7. The standard InChI is InChI=1S/C19H25FN4O.HI/c1-24(2)18(14-8-6-9-16(20)11-14)12-22-19(21)23-17-10-5-4-7-15(17)13-25-3;/h4-11,18H,12-13H2,1-3H3,(H3,21,22,23);1H. The molecular weight excluding hydrogens is 446 g/mol. The van der Waals surface area contributed by atoms with E-state index in [-0.39, 0.29) is 35.8 Å². The van der Waals surface area contributed by atoms with E-state index in [0.29, 0.717) is 19.1 Å². The molecule has 26 heavy (non-hydrogen) atoms. The van der Waals surface area contributed by atoms with Crippen LogP contribution in [-0.2, 0) is 11.3 Å². The zero-order chi connectivity index (χ0) is 18.2. The van der Waals surface area contributed by atoms with E-state index < -0.39 is 0 Å². The number of hydrogen-bond donors (Lipinski definition) is 2. The first-order valence-corrected chi connectivity index (χ1v) is 8.07. The Balaban J connectivity index is 0.00000338. The lowest BCUT2D eigenvalue weighted by molar-refractivity contribution is 0.185. The third-order valence-electron chi connectivity index (χ3n) is 3.87. The van der Waals surface area contributed by atoms with Crippen molar-refractivity contribution < 1.29 is 9.13 Å². The van der Waals surface area contributed by atoms with Gasteiger partial charge >= 0.3 is 0 Å². The fraction of sp³-hybridized carbons (Fsp3) is 0.316. The number of nitrogens with zero attached hydrogens (tertiary/aromatic N) is 2. The second-order valence-electron chi connectivity index (χ2n) is 5.98. The minimum Gasteiger partial charge on any atom is -0.380 e. The SMILES string of the molecule is COCc1ccccc1NC(N)=NCC(c1cccc(F)c1)N(C)C.I. The number of ether oxygens (including phenoxy) is 1. The predicted octanol–water partition coefficient (Wildman–Crippen LogP) is 3.62. The second-order valence-corrected chi connectivity index (χ2v) is 5.98. The largest absolute Gasteiger partial charge is 0.380 e. The van der Waals surface area contributed by atoms with Crippen molar-refractivity contribution in [2.45, 2.75) is 12.6 Å². The van der Waals surface area contributed by atoms with Crippen molar-refractivity contribution in [2.75, 3.05) is 33.1 Å². The van der Waals surface area contributed by atoms with Crippen LogP contribution in [0.3, 0.4) is 0 Å². The smallest absolute Gasteiger partial charge is 0.193 e. The predicted molar refractivity (Wildman–Crippen MR) is 116 cm³/mol. The highest BCUT2D eigenvalue weighted by Crippen LogP contribution is 2.20. The lowest BCUT2D eigenvalue weighted by Gasteiger charge is -2.23. The number of hydrogen-bond acceptors (Lipinski definition) is 3. The van der Waals surface area contributed by atoms with E-state index in [1.165, 1.54) is 12.1 Å². The number of methoxy groups -OCH3 is 1. The fourth-order valence-electron chi connectivity index (χ4n) is 2.57. The Bertz CT molecular complexity index is 724. The van der Waals surface area contributed by atoms with E-state index in [2.05, 4.69) is 10.3 Å². The molecule has 3 N–H and O–H groups in total. The molecule has 0 saturated carbocycles. The number of benzene rings is 2. The lowest BCUT2D eigenvalue weighted by Crippen LogP contribution is -2.27. The number of aliphatic imine (C=N–C) groups is 1. The van der Waals surface area contributed by atoms with E-state index in [1.807, 2.05) is 49.3 Å². The number of anilines is 1. The number of likely N-dealkylation sites (N-methyl/N-ethyl adjacent to an activating group) is 1. The van der Waals surface area contributed by atoms with Gasteiger partial charge in [0.15, 0.2) is 5.96 Å². The van der Waals surface area contributed by atoms with Gasteiger partial charge in [-0.15, -0.1) is 24.0 Å². The molecule has 7 heteroatoms. The van der Waals surface area contributed by atoms with Crippen LogP contribution in [0.1, 0.15) is 17.2 Å². The molecule has 5 nitrogen and oxygen atoms in total. The summed E-state index contributed by atoms with van der Waals surface area (Å²) in [4.78, 5) is 6.42. The average Bonchev–Trinajstić information content (AvgIpc) is 2.57. The first-order chi connectivity index (χ1) is 12.0. The van der Waals surface area contributed by atoms with Crippen molar-refractivity contribution in [1.29, 1.82) is 0 Å². The van der Waals surface area contributed by atoms with Crippen molar-refractivity contribution in [3.8, 4) is 0 Å². The van der Waals surface area contributed by atoms with Crippen molar-refractivity contribution in [3.05, 3.63) is 65.5 Å². The summed E-state index contributed by atoms with van der Waals surface area (Å²) in [6.45, 7) is 0.905. The molecule has 2 rings (SSSR count). The number of nitrogens with one attached hydrogen (secondary N) is 1. The van der Waals surface area contributed by atoms with Crippen LogP contribution in [-0.4, -0.2) is 38.6 Å². The highest BCUT2D eigenvalue weighted by molar-refractivity contribution is 14.0. The first-order valence-electron chi connectivity index (χ1n) is 8.07. The maximum absolute atomic E-state index is 13.5. The molecule has 0 spiro atoms. The number of rotatable bonds is 7. The third kappa shape index (κ3) is 6.54. The summed E-state index contributed by atoms with van der Waals surface area (Å²) in [7, 11) is 5.51.